The number of halogens is 1. The van der Waals surface area contributed by atoms with Gasteiger partial charge in [-0.25, -0.2) is 9.18 Å². The number of rotatable bonds is 4. The number of aromatic amines is 1. The van der Waals surface area contributed by atoms with Crippen molar-refractivity contribution in [1.29, 1.82) is 0 Å². The molecule has 0 bridgehead atoms. The molecule has 0 saturated heterocycles. The molecule has 0 radical (unpaired) electrons. The fraction of sp³-hybridized carbons (Fsp3) is 0.0385. The minimum Gasteiger partial charge on any atom is -0.477 e. The van der Waals surface area contributed by atoms with E-state index >= 15 is 4.39 Å². The summed E-state index contributed by atoms with van der Waals surface area (Å²) in [4.78, 5) is 32.4. The number of carbonyl (C=O) groups is 1. The SMILES string of the molecule is O=C(O)c1c(-c2ccc[nH]c2=O)c2c3occc3c(F)cc2n1Cc1cccc2ncccc12. The van der Waals surface area contributed by atoms with Gasteiger partial charge in [-0.3, -0.25) is 9.78 Å². The van der Waals surface area contributed by atoms with E-state index in [1.54, 1.807) is 24.4 Å². The Bertz CT molecular complexity index is 1810. The number of hydrogen-bond acceptors (Lipinski definition) is 4. The van der Waals surface area contributed by atoms with E-state index in [0.717, 1.165) is 16.5 Å². The molecule has 0 fully saturated rings. The molecule has 4 heterocycles. The van der Waals surface area contributed by atoms with Crippen LogP contribution < -0.4 is 5.56 Å². The molecule has 0 aliphatic carbocycles. The predicted molar refractivity (Wildman–Crippen MR) is 126 cm³/mol. The van der Waals surface area contributed by atoms with Crippen molar-refractivity contribution in [3.8, 4) is 11.1 Å². The van der Waals surface area contributed by atoms with Crippen LogP contribution in [0.4, 0.5) is 4.39 Å². The zero-order valence-corrected chi connectivity index (χ0v) is 17.6. The first kappa shape index (κ1) is 19.9. The van der Waals surface area contributed by atoms with Gasteiger partial charge in [-0.1, -0.05) is 18.2 Å². The lowest BCUT2D eigenvalue weighted by Crippen LogP contribution is -2.13. The van der Waals surface area contributed by atoms with Crippen molar-refractivity contribution in [2.24, 2.45) is 0 Å². The summed E-state index contributed by atoms with van der Waals surface area (Å²) in [5.74, 6) is -1.78. The molecule has 6 rings (SSSR count). The lowest BCUT2D eigenvalue weighted by Gasteiger charge is -2.11. The second-order valence-corrected chi connectivity index (χ2v) is 7.93. The van der Waals surface area contributed by atoms with Gasteiger partial charge in [-0.15, -0.1) is 0 Å². The third-order valence-electron chi connectivity index (χ3n) is 6.07. The lowest BCUT2D eigenvalue weighted by molar-refractivity contribution is 0.0687. The molecule has 34 heavy (non-hydrogen) atoms. The van der Waals surface area contributed by atoms with E-state index in [0.29, 0.717) is 10.9 Å². The molecule has 0 aliphatic heterocycles. The van der Waals surface area contributed by atoms with Crippen molar-refractivity contribution in [2.75, 3.05) is 0 Å². The first-order chi connectivity index (χ1) is 16.5. The third kappa shape index (κ3) is 2.85. The topological polar surface area (TPSA) is 101 Å². The smallest absolute Gasteiger partial charge is 0.353 e. The largest absolute Gasteiger partial charge is 0.477 e. The number of hydrogen-bond donors (Lipinski definition) is 2. The van der Waals surface area contributed by atoms with Gasteiger partial charge in [0.2, 0.25) is 0 Å². The van der Waals surface area contributed by atoms with Crippen LogP contribution in [0.1, 0.15) is 16.1 Å². The van der Waals surface area contributed by atoms with Crippen LogP contribution >= 0.6 is 0 Å². The Morgan fingerprint density at radius 3 is 2.82 bits per heavy atom. The summed E-state index contributed by atoms with van der Waals surface area (Å²) in [6, 6.07) is 15.2. The minimum atomic E-state index is -1.24. The standard InChI is InChI=1S/C26H16FN3O4/c27-18-12-20-22(24-16(18)8-11-34-24)21(17-6-3-10-29-25(17)31)23(26(32)33)30(20)13-14-4-1-7-19-15(14)5-2-9-28-19/h1-12H,13H2,(H,29,31)(H,32,33). The molecule has 4 aromatic heterocycles. The Morgan fingerprint density at radius 2 is 2.00 bits per heavy atom. The molecule has 2 N–H and O–H groups in total. The van der Waals surface area contributed by atoms with Gasteiger partial charge in [0, 0.05) is 29.9 Å². The maximum Gasteiger partial charge on any atom is 0.353 e. The van der Waals surface area contributed by atoms with Crippen molar-refractivity contribution < 1.29 is 18.7 Å². The van der Waals surface area contributed by atoms with Crippen molar-refractivity contribution in [1.82, 2.24) is 14.5 Å². The predicted octanol–water partition coefficient (Wildman–Crippen LogP) is 5.18. The van der Waals surface area contributed by atoms with E-state index in [1.165, 1.54) is 29.2 Å². The lowest BCUT2D eigenvalue weighted by atomic mass is 10.0. The quantitative estimate of drug-likeness (QED) is 0.383. The summed E-state index contributed by atoms with van der Waals surface area (Å²) in [6.07, 6.45) is 4.50. The van der Waals surface area contributed by atoms with Gasteiger partial charge in [0.05, 0.1) is 33.6 Å². The van der Waals surface area contributed by atoms with Crippen LogP contribution in [-0.4, -0.2) is 25.6 Å². The Balaban J connectivity index is 1.77. The van der Waals surface area contributed by atoms with Gasteiger partial charge in [0.1, 0.15) is 17.1 Å². The Kier molecular flexibility index (Phi) is 4.35. The number of carboxylic acid groups (broad SMARTS) is 1. The number of H-pyrrole nitrogens is 1. The molecule has 0 spiro atoms. The molecule has 0 aliphatic rings. The number of nitrogens with zero attached hydrogens (tertiary/aromatic N) is 2. The highest BCUT2D eigenvalue weighted by atomic mass is 19.1. The number of fused-ring (bicyclic) bond motifs is 4. The first-order valence-electron chi connectivity index (χ1n) is 10.5. The highest BCUT2D eigenvalue weighted by Gasteiger charge is 2.29. The molecule has 0 unspecified atom stereocenters. The first-order valence-corrected chi connectivity index (χ1v) is 10.5. The molecule has 0 atom stereocenters. The summed E-state index contributed by atoms with van der Waals surface area (Å²) in [5.41, 5.74) is 1.82. The van der Waals surface area contributed by atoms with Crippen molar-refractivity contribution in [3.05, 3.63) is 101 Å². The number of aromatic nitrogens is 3. The Morgan fingerprint density at radius 1 is 1.12 bits per heavy atom. The van der Waals surface area contributed by atoms with E-state index in [2.05, 4.69) is 9.97 Å². The number of furan rings is 1. The minimum absolute atomic E-state index is 0.123. The van der Waals surface area contributed by atoms with Gasteiger partial charge >= 0.3 is 5.97 Å². The molecular weight excluding hydrogens is 437 g/mol. The molecular formula is C26H16FN3O4. The molecule has 8 heteroatoms. The number of carboxylic acids is 1. The Labute approximate surface area is 190 Å². The van der Waals surface area contributed by atoms with Gasteiger partial charge in [0.15, 0.2) is 0 Å². The average Bonchev–Trinajstić information content (AvgIpc) is 3.44. The van der Waals surface area contributed by atoms with Crippen LogP contribution in [0.3, 0.4) is 0 Å². The third-order valence-corrected chi connectivity index (χ3v) is 6.07. The summed E-state index contributed by atoms with van der Waals surface area (Å²) < 4.78 is 22.2. The van der Waals surface area contributed by atoms with E-state index in [1.807, 2.05) is 24.3 Å². The van der Waals surface area contributed by atoms with Gasteiger partial charge in [-0.05, 0) is 42.0 Å². The molecule has 7 nitrogen and oxygen atoms in total. The van der Waals surface area contributed by atoms with Crippen LogP contribution in [0, 0.1) is 5.82 Å². The van der Waals surface area contributed by atoms with E-state index < -0.39 is 17.3 Å². The van der Waals surface area contributed by atoms with Crippen LogP contribution in [0.15, 0.2) is 82.5 Å². The molecule has 0 saturated carbocycles. The maximum absolute atomic E-state index is 15.0. The van der Waals surface area contributed by atoms with E-state index in [9.17, 15) is 14.7 Å². The number of pyridine rings is 2. The van der Waals surface area contributed by atoms with Crippen LogP contribution in [0.25, 0.3) is 43.9 Å². The van der Waals surface area contributed by atoms with Gasteiger partial charge in [-0.2, -0.15) is 0 Å². The molecule has 166 valence electrons. The number of benzene rings is 2. The summed E-state index contributed by atoms with van der Waals surface area (Å²) in [7, 11) is 0. The second kappa shape index (κ2) is 7.41. The van der Waals surface area contributed by atoms with Crippen molar-refractivity contribution in [3.63, 3.8) is 0 Å². The maximum atomic E-state index is 15.0. The summed E-state index contributed by atoms with van der Waals surface area (Å²) >= 11 is 0. The van der Waals surface area contributed by atoms with E-state index in [4.69, 9.17) is 4.42 Å². The molecule has 2 aromatic carbocycles. The molecule has 6 aromatic rings. The fourth-order valence-electron chi connectivity index (χ4n) is 4.65. The van der Waals surface area contributed by atoms with Crippen LogP contribution in [-0.2, 0) is 6.54 Å². The van der Waals surface area contributed by atoms with Crippen molar-refractivity contribution >= 4 is 38.7 Å². The van der Waals surface area contributed by atoms with Crippen LogP contribution in [0.2, 0.25) is 0 Å². The zero-order valence-electron chi connectivity index (χ0n) is 17.6. The van der Waals surface area contributed by atoms with Crippen LogP contribution in [0.5, 0.6) is 0 Å². The molecule has 0 amide bonds. The monoisotopic (exact) mass is 453 g/mol. The highest BCUT2D eigenvalue weighted by Crippen LogP contribution is 2.40. The number of aromatic carboxylic acids is 1. The van der Waals surface area contributed by atoms with Gasteiger partial charge < -0.3 is 19.1 Å². The number of nitrogens with one attached hydrogen (secondary N) is 1. The normalized spacial score (nSPS) is 11.6. The fourth-order valence-corrected chi connectivity index (χ4v) is 4.65. The average molecular weight is 453 g/mol. The summed E-state index contributed by atoms with van der Waals surface area (Å²) in [5, 5.41) is 11.7. The van der Waals surface area contributed by atoms with Gasteiger partial charge in [0.25, 0.3) is 5.56 Å². The zero-order chi connectivity index (χ0) is 23.4. The summed E-state index contributed by atoms with van der Waals surface area (Å²) in [6.45, 7) is 0.123. The van der Waals surface area contributed by atoms with E-state index in [-0.39, 0.29) is 34.3 Å². The Hall–Kier alpha value is -4.72. The van der Waals surface area contributed by atoms with Crippen molar-refractivity contribution in [2.45, 2.75) is 6.54 Å². The highest BCUT2D eigenvalue weighted by molar-refractivity contribution is 6.17. The second-order valence-electron chi connectivity index (χ2n) is 7.93.